The molecule has 214 valence electrons. The fourth-order valence-electron chi connectivity index (χ4n) is 5.73. The van der Waals surface area contributed by atoms with Crippen LogP contribution in [0.5, 0.6) is 0 Å². The van der Waals surface area contributed by atoms with E-state index in [1.54, 1.807) is 21.9 Å². The fourth-order valence-corrected chi connectivity index (χ4v) is 5.73. The number of nitrogens with one attached hydrogen (secondary N) is 2. The van der Waals surface area contributed by atoms with Crippen LogP contribution in [0.15, 0.2) is 72.8 Å². The topological polar surface area (TPSA) is 122 Å². The summed E-state index contributed by atoms with van der Waals surface area (Å²) in [7, 11) is 0. The quantitative estimate of drug-likeness (QED) is 0.325. The van der Waals surface area contributed by atoms with Crippen LogP contribution in [0.25, 0.3) is 0 Å². The fraction of sp³-hybridized carbons (Fsp3) is 0.344. The monoisotopic (exact) mass is 556 g/mol. The smallest absolute Gasteiger partial charge is 0.323 e. The van der Waals surface area contributed by atoms with E-state index in [0.29, 0.717) is 44.6 Å². The highest BCUT2D eigenvalue weighted by molar-refractivity contribution is 6.00. The van der Waals surface area contributed by atoms with Gasteiger partial charge in [-0.3, -0.25) is 9.59 Å². The lowest BCUT2D eigenvalue weighted by Gasteiger charge is -2.36. The first-order valence-electron chi connectivity index (χ1n) is 14.0. The molecule has 1 atom stereocenters. The standard InChI is InChI=1S/C32H36N4O5/c1-21-6-2-5-9-27(21)34-32(41)33-25-12-10-22(11-13-25)18-28(37)36-20-24-7-3-4-8-26(24)30(36)31(40)35-16-14-23(15-17-35)19-29(38)39/h2-13,23,29-30,38-39H,14-20H2,1H3,(H2,33,34,41). The van der Waals surface area contributed by atoms with Crippen molar-refractivity contribution in [3.63, 3.8) is 0 Å². The summed E-state index contributed by atoms with van der Waals surface area (Å²) in [5, 5.41) is 24.3. The number of carbonyl (C=O) groups is 3. The van der Waals surface area contributed by atoms with E-state index in [0.717, 1.165) is 27.9 Å². The highest BCUT2D eigenvalue weighted by Crippen LogP contribution is 2.36. The van der Waals surface area contributed by atoms with Crippen LogP contribution >= 0.6 is 0 Å². The van der Waals surface area contributed by atoms with Crippen molar-refractivity contribution in [1.82, 2.24) is 9.80 Å². The van der Waals surface area contributed by atoms with Gasteiger partial charge in [0.25, 0.3) is 0 Å². The van der Waals surface area contributed by atoms with E-state index < -0.39 is 12.3 Å². The Balaban J connectivity index is 1.22. The number of piperidine rings is 1. The maximum absolute atomic E-state index is 13.7. The number of carbonyl (C=O) groups excluding carboxylic acids is 3. The van der Waals surface area contributed by atoms with Crippen molar-refractivity contribution in [2.24, 2.45) is 5.92 Å². The molecule has 0 aromatic heterocycles. The molecule has 9 nitrogen and oxygen atoms in total. The van der Waals surface area contributed by atoms with E-state index in [1.165, 1.54) is 0 Å². The maximum Gasteiger partial charge on any atom is 0.323 e. The van der Waals surface area contributed by atoms with Crippen LogP contribution in [-0.2, 0) is 22.6 Å². The number of benzene rings is 3. The number of anilines is 2. The number of hydrogen-bond donors (Lipinski definition) is 4. The molecule has 5 rings (SSSR count). The van der Waals surface area contributed by atoms with Gasteiger partial charge in [0.15, 0.2) is 6.29 Å². The molecular formula is C32H36N4O5. The molecule has 3 aromatic rings. The van der Waals surface area contributed by atoms with Crippen LogP contribution in [0.1, 0.15) is 47.6 Å². The lowest BCUT2D eigenvalue weighted by molar-refractivity contribution is -0.146. The predicted octanol–water partition coefficient (Wildman–Crippen LogP) is 4.20. The van der Waals surface area contributed by atoms with Crippen LogP contribution in [0.2, 0.25) is 0 Å². The van der Waals surface area contributed by atoms with E-state index in [-0.39, 0.29) is 30.2 Å². The van der Waals surface area contributed by atoms with Crippen molar-refractivity contribution >= 4 is 29.2 Å². The summed E-state index contributed by atoms with van der Waals surface area (Å²) in [4.78, 5) is 43.2. The molecule has 0 radical (unpaired) electrons. The third-order valence-corrected chi connectivity index (χ3v) is 7.99. The summed E-state index contributed by atoms with van der Waals surface area (Å²) < 4.78 is 0. The van der Waals surface area contributed by atoms with Gasteiger partial charge < -0.3 is 30.6 Å². The van der Waals surface area contributed by atoms with E-state index in [1.807, 2.05) is 67.6 Å². The molecule has 4 amide bonds. The third-order valence-electron chi connectivity index (χ3n) is 7.99. The number of rotatable bonds is 7. The van der Waals surface area contributed by atoms with Crippen molar-refractivity contribution < 1.29 is 24.6 Å². The van der Waals surface area contributed by atoms with Crippen molar-refractivity contribution in [1.29, 1.82) is 0 Å². The third kappa shape index (κ3) is 6.75. The number of hydrogen-bond acceptors (Lipinski definition) is 5. The number of nitrogens with zero attached hydrogens (tertiary/aromatic N) is 2. The summed E-state index contributed by atoms with van der Waals surface area (Å²) in [5.74, 6) is -0.0694. The minimum atomic E-state index is -1.34. The lowest BCUT2D eigenvalue weighted by atomic mass is 9.92. The van der Waals surface area contributed by atoms with E-state index in [4.69, 9.17) is 0 Å². The van der Waals surface area contributed by atoms with Gasteiger partial charge in [-0.1, -0.05) is 54.6 Å². The van der Waals surface area contributed by atoms with Crippen LogP contribution in [0.4, 0.5) is 16.2 Å². The SMILES string of the molecule is Cc1ccccc1NC(=O)Nc1ccc(CC(=O)N2Cc3ccccc3C2C(=O)N2CCC(CC(O)O)CC2)cc1. The van der Waals surface area contributed by atoms with Gasteiger partial charge >= 0.3 is 6.03 Å². The Labute approximate surface area is 239 Å². The lowest BCUT2D eigenvalue weighted by Crippen LogP contribution is -2.46. The van der Waals surface area contributed by atoms with Gasteiger partial charge in [0, 0.05) is 37.4 Å². The molecular weight excluding hydrogens is 520 g/mol. The maximum atomic E-state index is 13.7. The van der Waals surface area contributed by atoms with Gasteiger partial charge in [-0.05, 0) is 66.1 Å². The molecule has 2 heterocycles. The van der Waals surface area contributed by atoms with Crippen molar-refractivity contribution in [2.75, 3.05) is 23.7 Å². The zero-order chi connectivity index (χ0) is 28.9. The molecule has 9 heteroatoms. The number of urea groups is 1. The molecule has 1 saturated heterocycles. The van der Waals surface area contributed by atoms with Crippen LogP contribution in [0.3, 0.4) is 0 Å². The summed E-state index contributed by atoms with van der Waals surface area (Å²) in [6.45, 7) is 3.36. The number of aliphatic hydroxyl groups is 2. The molecule has 1 fully saturated rings. The Hall–Kier alpha value is -4.21. The summed E-state index contributed by atoms with van der Waals surface area (Å²) in [6.07, 6.45) is 0.510. The highest BCUT2D eigenvalue weighted by Gasteiger charge is 2.41. The van der Waals surface area contributed by atoms with Gasteiger partial charge in [-0.25, -0.2) is 4.79 Å². The van der Waals surface area contributed by atoms with Crippen molar-refractivity contribution in [2.45, 2.75) is 51.5 Å². The minimum Gasteiger partial charge on any atom is -0.368 e. The number of likely N-dealkylation sites (tertiary alicyclic amines) is 1. The Morgan fingerprint density at radius 1 is 0.902 bits per heavy atom. The normalized spacial score (nSPS) is 16.9. The molecule has 41 heavy (non-hydrogen) atoms. The van der Waals surface area contributed by atoms with Crippen LogP contribution in [0, 0.1) is 12.8 Å². The molecule has 1 unspecified atom stereocenters. The average Bonchev–Trinajstić information content (AvgIpc) is 3.35. The Morgan fingerprint density at radius 3 is 2.29 bits per heavy atom. The molecule has 0 aliphatic carbocycles. The molecule has 0 saturated carbocycles. The van der Waals surface area contributed by atoms with Gasteiger partial charge in [0.05, 0.1) is 6.42 Å². The molecule has 2 aliphatic rings. The van der Waals surface area contributed by atoms with E-state index >= 15 is 0 Å². The number of aryl methyl sites for hydroxylation is 1. The number of aliphatic hydroxyl groups excluding tert-OH is 1. The highest BCUT2D eigenvalue weighted by atomic mass is 16.5. The Morgan fingerprint density at radius 2 is 1.59 bits per heavy atom. The summed E-state index contributed by atoms with van der Waals surface area (Å²) >= 11 is 0. The van der Waals surface area contributed by atoms with Crippen LogP contribution in [-0.4, -0.2) is 57.2 Å². The first-order valence-corrected chi connectivity index (χ1v) is 14.0. The van der Waals surface area contributed by atoms with Crippen molar-refractivity contribution in [3.05, 3.63) is 95.1 Å². The van der Waals surface area contributed by atoms with Gasteiger partial charge in [0.2, 0.25) is 11.8 Å². The number of para-hydroxylation sites is 1. The Bertz CT molecular complexity index is 1400. The van der Waals surface area contributed by atoms with E-state index in [2.05, 4.69) is 10.6 Å². The van der Waals surface area contributed by atoms with Crippen LogP contribution < -0.4 is 10.6 Å². The number of fused-ring (bicyclic) bond motifs is 1. The summed E-state index contributed by atoms with van der Waals surface area (Å²) in [6, 6.07) is 21.3. The molecule has 0 spiro atoms. The van der Waals surface area contributed by atoms with Gasteiger partial charge in [-0.15, -0.1) is 0 Å². The average molecular weight is 557 g/mol. The molecule has 2 aliphatic heterocycles. The van der Waals surface area contributed by atoms with Gasteiger partial charge in [-0.2, -0.15) is 0 Å². The second-order valence-corrected chi connectivity index (χ2v) is 10.9. The first kappa shape index (κ1) is 28.3. The van der Waals surface area contributed by atoms with Gasteiger partial charge in [0.1, 0.15) is 6.04 Å². The second-order valence-electron chi connectivity index (χ2n) is 10.9. The Kier molecular flexibility index (Phi) is 8.66. The minimum absolute atomic E-state index is 0.0921. The molecule has 0 bridgehead atoms. The molecule has 3 aromatic carbocycles. The predicted molar refractivity (Wildman–Crippen MR) is 156 cm³/mol. The van der Waals surface area contributed by atoms with Crippen molar-refractivity contribution in [3.8, 4) is 0 Å². The zero-order valence-corrected chi connectivity index (χ0v) is 23.1. The number of amides is 4. The summed E-state index contributed by atoms with van der Waals surface area (Å²) in [5.41, 5.74) is 4.91. The second kappa shape index (κ2) is 12.5. The molecule has 4 N–H and O–H groups in total. The zero-order valence-electron chi connectivity index (χ0n) is 23.1. The largest absolute Gasteiger partial charge is 0.368 e. The first-order chi connectivity index (χ1) is 19.8. The van der Waals surface area contributed by atoms with E-state index in [9.17, 15) is 24.6 Å².